The zero-order chi connectivity index (χ0) is 22.1. The molecule has 28 heavy (non-hydrogen) atoms. The van der Waals surface area contributed by atoms with Gasteiger partial charge in [0.1, 0.15) is 6.04 Å². The molecule has 0 spiro atoms. The van der Waals surface area contributed by atoms with Crippen molar-refractivity contribution in [3.8, 4) is 0 Å². The van der Waals surface area contributed by atoms with Crippen molar-refractivity contribution in [2.75, 3.05) is 13.6 Å². The lowest BCUT2D eigenvalue weighted by atomic mass is 9.89. The number of carbonyl (C=O) groups is 3. The number of nitrogens with zero attached hydrogens (tertiary/aromatic N) is 1. The van der Waals surface area contributed by atoms with Crippen LogP contribution in [0.2, 0.25) is 0 Å². The Labute approximate surface area is 169 Å². The Morgan fingerprint density at radius 1 is 1.11 bits per heavy atom. The molecule has 0 aliphatic rings. The lowest BCUT2D eigenvalue weighted by Crippen LogP contribution is -2.62. The van der Waals surface area contributed by atoms with Gasteiger partial charge in [0.2, 0.25) is 11.8 Å². The summed E-state index contributed by atoms with van der Waals surface area (Å²) >= 11 is 0. The molecule has 162 valence electrons. The van der Waals surface area contributed by atoms with Crippen molar-refractivity contribution >= 4 is 17.8 Å². The second kappa shape index (κ2) is 11.8. The smallest absolute Gasteiger partial charge is 0.331 e. The minimum Gasteiger partial charge on any atom is -0.478 e. The first-order valence-electron chi connectivity index (χ1n) is 10.2. The molecule has 0 aromatic rings. The maximum atomic E-state index is 13.1. The average molecular weight is 398 g/mol. The van der Waals surface area contributed by atoms with Crippen molar-refractivity contribution in [1.29, 1.82) is 0 Å². The zero-order valence-electron chi connectivity index (χ0n) is 18.8. The quantitative estimate of drug-likeness (QED) is 0.440. The summed E-state index contributed by atoms with van der Waals surface area (Å²) in [4.78, 5) is 38.4. The number of carbonyl (C=O) groups excluding carboxylic acids is 2. The van der Waals surface area contributed by atoms with Crippen molar-refractivity contribution in [2.24, 2.45) is 5.92 Å². The molecule has 7 heteroatoms. The number of hydrogen-bond acceptors (Lipinski definition) is 4. The molecule has 3 N–H and O–H groups in total. The van der Waals surface area contributed by atoms with Crippen molar-refractivity contribution in [2.45, 2.75) is 85.4 Å². The summed E-state index contributed by atoms with van der Waals surface area (Å²) in [6.45, 7) is 13.5. The van der Waals surface area contributed by atoms with Gasteiger partial charge in [-0.1, -0.05) is 40.7 Å². The number of amides is 2. The first-order valence-corrected chi connectivity index (χ1v) is 10.2. The fourth-order valence-corrected chi connectivity index (χ4v) is 2.90. The predicted octanol–water partition coefficient (Wildman–Crippen LogP) is 2.56. The molecule has 0 aliphatic carbocycles. The standard InChI is InChI=1S/C21H39N3O4/c1-9-16(7)23-21(10-2,11-3)20(28)22-17(14(4)5)18(25)24(8)13-12-15(6)19(26)27/h12,14,16-17,23H,9-11,13H2,1-8H3,(H,22,28)(H,26,27)/b15-12+. The molecule has 0 aromatic heterocycles. The zero-order valence-corrected chi connectivity index (χ0v) is 18.8. The molecule has 0 aliphatic heterocycles. The van der Waals surface area contributed by atoms with E-state index in [1.807, 2.05) is 34.6 Å². The van der Waals surface area contributed by atoms with Gasteiger partial charge in [-0.3, -0.25) is 9.59 Å². The molecule has 7 nitrogen and oxygen atoms in total. The SMILES string of the molecule is CCC(C)NC(CC)(CC)C(=O)NC(C(=O)N(C)C/C=C(\C)C(=O)O)C(C)C. The van der Waals surface area contributed by atoms with Crippen LogP contribution in [-0.4, -0.2) is 59.0 Å². The minimum atomic E-state index is -1.01. The molecule has 0 aromatic carbocycles. The second-order valence-electron chi connectivity index (χ2n) is 7.85. The second-order valence-corrected chi connectivity index (χ2v) is 7.85. The molecule has 0 fully saturated rings. The molecule has 0 bridgehead atoms. The third-order valence-corrected chi connectivity index (χ3v) is 5.38. The molecule has 0 saturated heterocycles. The lowest BCUT2D eigenvalue weighted by molar-refractivity contribution is -0.138. The topological polar surface area (TPSA) is 98.7 Å². The Kier molecular flexibility index (Phi) is 11.0. The Morgan fingerprint density at radius 3 is 2.04 bits per heavy atom. The van der Waals surface area contributed by atoms with E-state index in [1.165, 1.54) is 17.9 Å². The van der Waals surface area contributed by atoms with Crippen LogP contribution in [0.5, 0.6) is 0 Å². The van der Waals surface area contributed by atoms with Gasteiger partial charge >= 0.3 is 5.97 Å². The third kappa shape index (κ3) is 7.26. The van der Waals surface area contributed by atoms with Crippen molar-refractivity contribution in [3.63, 3.8) is 0 Å². The number of carboxylic acids is 1. The van der Waals surface area contributed by atoms with E-state index in [2.05, 4.69) is 17.6 Å². The van der Waals surface area contributed by atoms with Crippen LogP contribution >= 0.6 is 0 Å². The Bertz CT molecular complexity index is 568. The highest BCUT2D eigenvalue weighted by Crippen LogP contribution is 2.19. The van der Waals surface area contributed by atoms with Crippen molar-refractivity contribution < 1.29 is 19.5 Å². The van der Waals surface area contributed by atoms with Crippen LogP contribution in [0.3, 0.4) is 0 Å². The minimum absolute atomic E-state index is 0.0986. The van der Waals surface area contributed by atoms with Crippen LogP contribution in [0.25, 0.3) is 0 Å². The van der Waals surface area contributed by atoms with Gasteiger partial charge in [0.15, 0.2) is 0 Å². The van der Waals surface area contributed by atoms with Gasteiger partial charge < -0.3 is 20.6 Å². The van der Waals surface area contributed by atoms with Gasteiger partial charge in [0.25, 0.3) is 0 Å². The van der Waals surface area contributed by atoms with Crippen molar-refractivity contribution in [1.82, 2.24) is 15.5 Å². The first-order chi connectivity index (χ1) is 12.9. The van der Waals surface area contributed by atoms with Crippen LogP contribution in [0.1, 0.15) is 67.7 Å². The van der Waals surface area contributed by atoms with E-state index in [9.17, 15) is 14.4 Å². The van der Waals surface area contributed by atoms with Crippen LogP contribution in [0.4, 0.5) is 0 Å². The molecule has 0 radical (unpaired) electrons. The first kappa shape index (κ1) is 26.1. The molecule has 0 rings (SSSR count). The third-order valence-electron chi connectivity index (χ3n) is 5.38. The number of rotatable bonds is 12. The van der Waals surface area contributed by atoms with E-state index in [4.69, 9.17) is 5.11 Å². The highest BCUT2D eigenvalue weighted by atomic mass is 16.4. The molecular formula is C21H39N3O4. The fraction of sp³-hybridized carbons (Fsp3) is 0.762. The lowest BCUT2D eigenvalue weighted by Gasteiger charge is -2.37. The maximum Gasteiger partial charge on any atom is 0.331 e. The number of nitrogens with one attached hydrogen (secondary N) is 2. The normalized spacial score (nSPS) is 14.5. The summed E-state index contributed by atoms with van der Waals surface area (Å²) in [5.74, 6) is -1.52. The van der Waals surface area contributed by atoms with Crippen LogP contribution in [0, 0.1) is 5.92 Å². The molecule has 0 saturated carbocycles. The highest BCUT2D eigenvalue weighted by molar-refractivity contribution is 5.92. The fourth-order valence-electron chi connectivity index (χ4n) is 2.90. The largest absolute Gasteiger partial charge is 0.478 e. The summed E-state index contributed by atoms with van der Waals surface area (Å²) < 4.78 is 0. The van der Waals surface area contributed by atoms with E-state index in [0.717, 1.165) is 6.42 Å². The van der Waals surface area contributed by atoms with E-state index < -0.39 is 17.6 Å². The maximum absolute atomic E-state index is 13.1. The average Bonchev–Trinajstić information content (AvgIpc) is 2.66. The van der Waals surface area contributed by atoms with Crippen molar-refractivity contribution in [3.05, 3.63) is 11.6 Å². The van der Waals surface area contributed by atoms with Gasteiger partial charge in [0.05, 0.1) is 5.54 Å². The Morgan fingerprint density at radius 2 is 1.64 bits per heavy atom. The number of carboxylic acid groups (broad SMARTS) is 1. The summed E-state index contributed by atoms with van der Waals surface area (Å²) in [7, 11) is 1.61. The molecule has 2 unspecified atom stereocenters. The number of hydrogen-bond donors (Lipinski definition) is 3. The van der Waals surface area contributed by atoms with E-state index in [-0.39, 0.29) is 35.9 Å². The number of likely N-dealkylation sites (N-methyl/N-ethyl adjacent to an activating group) is 1. The summed E-state index contributed by atoms with van der Waals surface area (Å²) in [5.41, 5.74) is -0.542. The summed E-state index contributed by atoms with van der Waals surface area (Å²) in [5, 5.41) is 15.3. The summed E-state index contributed by atoms with van der Waals surface area (Å²) in [6.07, 6.45) is 3.63. The Balaban J connectivity index is 5.41. The molecule has 2 amide bonds. The van der Waals surface area contributed by atoms with Gasteiger partial charge in [-0.25, -0.2) is 4.79 Å². The number of aliphatic carboxylic acids is 1. The van der Waals surface area contributed by atoms with Gasteiger partial charge in [-0.2, -0.15) is 0 Å². The molecule has 2 atom stereocenters. The van der Waals surface area contributed by atoms with Gasteiger partial charge in [-0.15, -0.1) is 0 Å². The Hall–Kier alpha value is -1.89. The van der Waals surface area contributed by atoms with E-state index >= 15 is 0 Å². The van der Waals surface area contributed by atoms with Crippen LogP contribution in [-0.2, 0) is 14.4 Å². The van der Waals surface area contributed by atoms with Gasteiger partial charge in [-0.05, 0) is 39.0 Å². The summed E-state index contributed by atoms with van der Waals surface area (Å²) in [6, 6.07) is -0.488. The molecular weight excluding hydrogens is 358 g/mol. The van der Waals surface area contributed by atoms with Crippen LogP contribution < -0.4 is 10.6 Å². The van der Waals surface area contributed by atoms with E-state index in [1.54, 1.807) is 7.05 Å². The van der Waals surface area contributed by atoms with Gasteiger partial charge in [0, 0.05) is 25.2 Å². The predicted molar refractivity (Wildman–Crippen MR) is 112 cm³/mol. The molecule has 0 heterocycles. The highest BCUT2D eigenvalue weighted by Gasteiger charge is 2.38. The monoisotopic (exact) mass is 397 g/mol. The van der Waals surface area contributed by atoms with E-state index in [0.29, 0.717) is 12.8 Å². The van der Waals surface area contributed by atoms with Crippen LogP contribution in [0.15, 0.2) is 11.6 Å².